The second-order valence-electron chi connectivity index (χ2n) is 3.93. The van der Waals surface area contributed by atoms with Crippen LogP contribution in [0.3, 0.4) is 0 Å². The van der Waals surface area contributed by atoms with Crippen molar-refractivity contribution in [1.29, 1.82) is 0 Å². The van der Waals surface area contributed by atoms with E-state index in [1.54, 1.807) is 30.3 Å². The fraction of sp³-hybridized carbons (Fsp3) is 0.214. The zero-order valence-corrected chi connectivity index (χ0v) is 11.2. The highest BCUT2D eigenvalue weighted by Gasteiger charge is 2.11. The molecule has 0 saturated carbocycles. The van der Waals surface area contributed by atoms with E-state index in [1.165, 1.54) is 6.20 Å². The van der Waals surface area contributed by atoms with Gasteiger partial charge in [-0.1, -0.05) is 24.6 Å². The molecule has 3 nitrogen and oxygen atoms in total. The highest BCUT2D eigenvalue weighted by atomic mass is 35.5. The number of ether oxygens (including phenoxy) is 1. The number of aromatic nitrogens is 1. The third-order valence-corrected chi connectivity index (χ3v) is 2.75. The predicted octanol–water partition coefficient (Wildman–Crippen LogP) is 3.78. The fourth-order valence-corrected chi connectivity index (χ4v) is 1.75. The molecule has 1 heterocycles. The van der Waals surface area contributed by atoms with Crippen LogP contribution in [0.2, 0.25) is 5.02 Å². The zero-order chi connectivity index (χ0) is 13.7. The molecule has 0 spiro atoms. The largest absolute Gasteiger partial charge is 0.436 e. The van der Waals surface area contributed by atoms with Gasteiger partial charge in [0.25, 0.3) is 5.88 Å². The van der Waals surface area contributed by atoms with Gasteiger partial charge in [0.1, 0.15) is 5.75 Å². The predicted molar refractivity (Wildman–Crippen MR) is 73.1 cm³/mol. The summed E-state index contributed by atoms with van der Waals surface area (Å²) in [6.45, 7) is 3.17. The molecule has 2 rings (SSSR count). The summed E-state index contributed by atoms with van der Waals surface area (Å²) in [5, 5.41) is 3.59. The lowest BCUT2D eigenvalue weighted by atomic mass is 10.2. The van der Waals surface area contributed by atoms with Crippen LogP contribution < -0.4 is 10.1 Å². The van der Waals surface area contributed by atoms with Gasteiger partial charge in [-0.05, 0) is 30.8 Å². The third-order valence-electron chi connectivity index (χ3n) is 2.51. The van der Waals surface area contributed by atoms with Crippen molar-refractivity contribution >= 4 is 11.6 Å². The molecular formula is C14H14ClFN2O. The van der Waals surface area contributed by atoms with Gasteiger partial charge in [-0.2, -0.15) is 0 Å². The normalized spacial score (nSPS) is 10.5. The number of rotatable bonds is 5. The van der Waals surface area contributed by atoms with Crippen molar-refractivity contribution in [2.75, 3.05) is 6.54 Å². The smallest absolute Gasteiger partial charge is 0.256 e. The third kappa shape index (κ3) is 3.66. The Bertz CT molecular complexity index is 563. The lowest BCUT2D eigenvalue weighted by molar-refractivity contribution is 0.417. The molecular weight excluding hydrogens is 267 g/mol. The van der Waals surface area contributed by atoms with Gasteiger partial charge >= 0.3 is 0 Å². The van der Waals surface area contributed by atoms with E-state index in [9.17, 15) is 4.39 Å². The monoisotopic (exact) mass is 280 g/mol. The van der Waals surface area contributed by atoms with E-state index in [0.717, 1.165) is 6.54 Å². The highest BCUT2D eigenvalue weighted by molar-refractivity contribution is 6.30. The number of nitrogens with zero attached hydrogens (tertiary/aromatic N) is 1. The molecule has 19 heavy (non-hydrogen) atoms. The molecule has 100 valence electrons. The quantitative estimate of drug-likeness (QED) is 0.905. The Balaban J connectivity index is 2.20. The van der Waals surface area contributed by atoms with E-state index in [0.29, 0.717) is 22.9 Å². The lowest BCUT2D eigenvalue weighted by Crippen LogP contribution is -2.13. The van der Waals surface area contributed by atoms with Gasteiger partial charge in [0.2, 0.25) is 0 Å². The average molecular weight is 281 g/mol. The molecule has 0 fully saturated rings. The molecule has 0 aliphatic carbocycles. The van der Waals surface area contributed by atoms with Gasteiger partial charge in [-0.15, -0.1) is 0 Å². The second-order valence-corrected chi connectivity index (χ2v) is 4.37. The van der Waals surface area contributed by atoms with Crippen LogP contribution in [0.1, 0.15) is 12.5 Å². The molecule has 0 saturated heterocycles. The Morgan fingerprint density at radius 1 is 1.37 bits per heavy atom. The van der Waals surface area contributed by atoms with E-state index in [-0.39, 0.29) is 5.88 Å². The van der Waals surface area contributed by atoms with Crippen LogP contribution in [0.4, 0.5) is 4.39 Å². The van der Waals surface area contributed by atoms with Crippen molar-refractivity contribution in [3.63, 3.8) is 0 Å². The van der Waals surface area contributed by atoms with Gasteiger partial charge in [0.15, 0.2) is 5.82 Å². The molecule has 0 atom stereocenters. The Morgan fingerprint density at radius 2 is 2.21 bits per heavy atom. The Labute approximate surface area is 116 Å². The van der Waals surface area contributed by atoms with Crippen molar-refractivity contribution < 1.29 is 9.13 Å². The Hall–Kier alpha value is -1.65. The van der Waals surface area contributed by atoms with Crippen LogP contribution in [-0.4, -0.2) is 11.5 Å². The van der Waals surface area contributed by atoms with Crippen molar-refractivity contribution in [3.8, 4) is 11.6 Å². The molecule has 0 radical (unpaired) electrons. The van der Waals surface area contributed by atoms with E-state index in [4.69, 9.17) is 16.3 Å². The maximum Gasteiger partial charge on any atom is 0.256 e. The number of nitrogens with one attached hydrogen (secondary N) is 1. The first-order chi connectivity index (χ1) is 9.20. The Morgan fingerprint density at radius 3 is 2.95 bits per heavy atom. The van der Waals surface area contributed by atoms with Crippen molar-refractivity contribution in [2.24, 2.45) is 0 Å². The number of hydrogen-bond acceptors (Lipinski definition) is 3. The molecule has 0 aliphatic heterocycles. The molecule has 2 aromatic rings. The molecule has 1 N–H and O–H groups in total. The van der Waals surface area contributed by atoms with Gasteiger partial charge in [0, 0.05) is 23.3 Å². The molecule has 1 aromatic carbocycles. The number of benzene rings is 1. The first-order valence-corrected chi connectivity index (χ1v) is 6.36. The van der Waals surface area contributed by atoms with E-state index < -0.39 is 5.82 Å². The summed E-state index contributed by atoms with van der Waals surface area (Å²) in [7, 11) is 0. The maximum atomic E-state index is 14.1. The summed E-state index contributed by atoms with van der Waals surface area (Å²) in [6.07, 6.45) is 1.52. The van der Waals surface area contributed by atoms with Gasteiger partial charge in [0.05, 0.1) is 0 Å². The van der Waals surface area contributed by atoms with Gasteiger partial charge < -0.3 is 10.1 Å². The summed E-state index contributed by atoms with van der Waals surface area (Å²) >= 11 is 5.85. The molecule has 0 aliphatic rings. The minimum Gasteiger partial charge on any atom is -0.436 e. The summed E-state index contributed by atoms with van der Waals surface area (Å²) in [6, 6.07) is 8.39. The van der Waals surface area contributed by atoms with Crippen LogP contribution in [-0.2, 0) is 6.54 Å². The van der Waals surface area contributed by atoms with Crippen LogP contribution in [0, 0.1) is 5.82 Å². The number of halogens is 2. The SMILES string of the molecule is CCNCc1ccnc(Oc2cccc(Cl)c2)c1F. The summed E-state index contributed by atoms with van der Waals surface area (Å²) < 4.78 is 19.5. The fourth-order valence-electron chi connectivity index (χ4n) is 1.57. The highest BCUT2D eigenvalue weighted by Crippen LogP contribution is 2.25. The van der Waals surface area contributed by atoms with E-state index >= 15 is 0 Å². The first kappa shape index (κ1) is 13.8. The van der Waals surface area contributed by atoms with Gasteiger partial charge in [-0.25, -0.2) is 9.37 Å². The lowest BCUT2D eigenvalue weighted by Gasteiger charge is -2.09. The minimum absolute atomic E-state index is 0.0438. The van der Waals surface area contributed by atoms with Crippen molar-refractivity contribution in [3.05, 3.63) is 52.9 Å². The average Bonchev–Trinajstić information content (AvgIpc) is 2.40. The first-order valence-electron chi connectivity index (χ1n) is 5.98. The topological polar surface area (TPSA) is 34.2 Å². The van der Waals surface area contributed by atoms with E-state index in [1.807, 2.05) is 6.92 Å². The van der Waals surface area contributed by atoms with Crippen LogP contribution in [0.25, 0.3) is 0 Å². The molecule has 0 bridgehead atoms. The summed E-state index contributed by atoms with van der Waals surface area (Å²) in [4.78, 5) is 3.90. The van der Waals surface area contributed by atoms with Crippen LogP contribution >= 0.6 is 11.6 Å². The molecule has 0 unspecified atom stereocenters. The van der Waals surface area contributed by atoms with E-state index in [2.05, 4.69) is 10.3 Å². The zero-order valence-electron chi connectivity index (χ0n) is 10.5. The molecule has 5 heteroatoms. The minimum atomic E-state index is -0.455. The molecule has 0 amide bonds. The Kier molecular flexibility index (Phi) is 4.71. The number of hydrogen-bond donors (Lipinski definition) is 1. The second kappa shape index (κ2) is 6.50. The summed E-state index contributed by atoms with van der Waals surface area (Å²) in [5.41, 5.74) is 0.522. The maximum absolute atomic E-state index is 14.1. The molecule has 1 aromatic heterocycles. The van der Waals surface area contributed by atoms with Crippen molar-refractivity contribution in [2.45, 2.75) is 13.5 Å². The van der Waals surface area contributed by atoms with Gasteiger partial charge in [-0.3, -0.25) is 0 Å². The summed E-state index contributed by atoms with van der Waals surface area (Å²) in [5.74, 6) is -0.0411. The standard InChI is InChI=1S/C14H14ClFN2O/c1-2-17-9-10-6-7-18-14(13(10)16)19-12-5-3-4-11(15)8-12/h3-8,17H,2,9H2,1H3. The number of pyridine rings is 1. The van der Waals surface area contributed by atoms with Crippen LogP contribution in [0.5, 0.6) is 11.6 Å². The van der Waals surface area contributed by atoms with Crippen molar-refractivity contribution in [1.82, 2.24) is 10.3 Å². The van der Waals surface area contributed by atoms with Crippen LogP contribution in [0.15, 0.2) is 36.5 Å².